The van der Waals surface area contributed by atoms with Crippen molar-refractivity contribution in [3.05, 3.63) is 0 Å². The van der Waals surface area contributed by atoms with Crippen LogP contribution in [0.5, 0.6) is 0 Å². The molecule has 0 spiro atoms. The Kier molecular flexibility index (Phi) is 7.74. The summed E-state index contributed by atoms with van der Waals surface area (Å²) < 4.78 is 55.3. The summed E-state index contributed by atoms with van der Waals surface area (Å²) in [6.07, 6.45) is -0.811. The van der Waals surface area contributed by atoms with Gasteiger partial charge >= 0.3 is 6.18 Å². The lowest BCUT2D eigenvalue weighted by Crippen LogP contribution is -2.63. The van der Waals surface area contributed by atoms with Crippen LogP contribution in [0.3, 0.4) is 0 Å². The summed E-state index contributed by atoms with van der Waals surface area (Å²) in [5, 5.41) is 15.5. The molecule has 2 saturated carbocycles. The Hall–Kier alpha value is -1.46. The fraction of sp³-hybridized carbons (Fsp3) is 0.913. The molecule has 2 aliphatic carbocycles. The zero-order valence-corrected chi connectivity index (χ0v) is 19.6. The highest BCUT2D eigenvalue weighted by atomic mass is 19.4. The van der Waals surface area contributed by atoms with E-state index < -0.39 is 36.9 Å². The van der Waals surface area contributed by atoms with E-state index in [1.807, 2.05) is 0 Å². The Bertz CT molecular complexity index is 736. The number of halogens is 4. The van der Waals surface area contributed by atoms with Gasteiger partial charge in [-0.1, -0.05) is 6.92 Å². The van der Waals surface area contributed by atoms with Crippen LogP contribution in [0.4, 0.5) is 17.6 Å². The first-order chi connectivity index (χ1) is 16.1. The number of fused-ring (bicyclic) bond motifs is 1. The number of carbonyl (C=O) groups is 2. The molecule has 8 atom stereocenters. The van der Waals surface area contributed by atoms with Crippen molar-refractivity contribution < 1.29 is 32.3 Å². The maximum Gasteiger partial charge on any atom is 0.410 e. The first-order valence-corrected chi connectivity index (χ1v) is 12.5. The fourth-order valence-corrected chi connectivity index (χ4v) is 6.53. The van der Waals surface area contributed by atoms with Gasteiger partial charge < -0.3 is 20.6 Å². The van der Waals surface area contributed by atoms with Gasteiger partial charge in [0.05, 0.1) is 6.04 Å². The number of alkyl halides is 4. The Balaban J connectivity index is 1.34. The zero-order chi connectivity index (χ0) is 24.6. The van der Waals surface area contributed by atoms with E-state index in [0.717, 1.165) is 30.6 Å². The minimum Gasteiger partial charge on any atom is -0.387 e. The van der Waals surface area contributed by atoms with Crippen LogP contribution >= 0.6 is 0 Å². The van der Waals surface area contributed by atoms with Crippen LogP contribution in [0.15, 0.2) is 0 Å². The van der Waals surface area contributed by atoms with E-state index in [0.29, 0.717) is 31.7 Å². The Labute approximate surface area is 197 Å². The largest absolute Gasteiger partial charge is 0.410 e. The summed E-state index contributed by atoms with van der Waals surface area (Å²) in [7, 11) is 0. The summed E-state index contributed by atoms with van der Waals surface area (Å²) >= 11 is 0. The summed E-state index contributed by atoms with van der Waals surface area (Å²) in [6.45, 7) is 1.03. The number of hydrogen-bond acceptors (Lipinski definition) is 5. The molecule has 4 rings (SSSR count). The third-order valence-corrected chi connectivity index (χ3v) is 8.41. The highest BCUT2D eigenvalue weighted by Gasteiger charge is 2.50. The molecule has 2 heterocycles. The van der Waals surface area contributed by atoms with Gasteiger partial charge in [0.1, 0.15) is 18.8 Å². The van der Waals surface area contributed by atoms with E-state index in [-0.39, 0.29) is 43.0 Å². The van der Waals surface area contributed by atoms with Gasteiger partial charge in [-0.05, 0) is 50.9 Å². The quantitative estimate of drug-likeness (QED) is 0.520. The van der Waals surface area contributed by atoms with Gasteiger partial charge in [0.25, 0.3) is 0 Å². The smallest absolute Gasteiger partial charge is 0.387 e. The van der Waals surface area contributed by atoms with Gasteiger partial charge in [-0.25, -0.2) is 4.39 Å². The standard InChI is InChI=1S/C23H36F4N4O3/c1-13-5-6-17(24)16-10-18(29-21(13)16)22(34)28-14-3-2-4-15(9-14)30-7-8-31(20(33)12-32)19(11-30)23(25,26)27/h13-19,21,29,32H,2-12H2,1H3,(H,28,34)/t13?,14-,15-,16?,17?,18?,19+,21?/m1/s1. The summed E-state index contributed by atoms with van der Waals surface area (Å²) in [5.41, 5.74) is 0. The second kappa shape index (κ2) is 10.3. The minimum absolute atomic E-state index is 0.0100. The number of hydrogen-bond donors (Lipinski definition) is 3. The maximum absolute atomic E-state index is 14.4. The first-order valence-electron chi connectivity index (χ1n) is 12.5. The molecule has 2 aliphatic heterocycles. The van der Waals surface area contributed by atoms with Crippen LogP contribution in [0.2, 0.25) is 0 Å². The number of carbonyl (C=O) groups excluding carboxylic acids is 2. The van der Waals surface area contributed by atoms with Crippen molar-refractivity contribution in [2.24, 2.45) is 11.8 Å². The lowest BCUT2D eigenvalue weighted by Gasteiger charge is -2.46. The van der Waals surface area contributed by atoms with Gasteiger partial charge in [0, 0.05) is 43.7 Å². The second-order valence-electron chi connectivity index (χ2n) is 10.5. The molecule has 4 fully saturated rings. The van der Waals surface area contributed by atoms with Crippen molar-refractivity contribution >= 4 is 11.8 Å². The molecular formula is C23H36F4N4O3. The molecule has 0 aromatic rings. The lowest BCUT2D eigenvalue weighted by molar-refractivity contribution is -0.204. The molecule has 2 saturated heterocycles. The average Bonchev–Trinajstić information content (AvgIpc) is 3.27. The van der Waals surface area contributed by atoms with Gasteiger partial charge in [-0.15, -0.1) is 0 Å². The summed E-state index contributed by atoms with van der Waals surface area (Å²) in [6, 6.07) is -2.63. The molecule has 7 nitrogen and oxygen atoms in total. The number of amides is 2. The first kappa shape index (κ1) is 25.6. The SMILES string of the molecule is CC1CCC(F)C2CC(C(=O)N[C@@H]3CCC[C@@H](N4CCN(C(=O)CO)[C@H](C(F)(F)F)C4)C3)NC12. The van der Waals surface area contributed by atoms with Crippen LogP contribution in [-0.2, 0) is 9.59 Å². The molecule has 0 aromatic carbocycles. The van der Waals surface area contributed by atoms with E-state index in [1.165, 1.54) is 0 Å². The van der Waals surface area contributed by atoms with Crippen molar-refractivity contribution in [1.82, 2.24) is 20.4 Å². The fourth-order valence-electron chi connectivity index (χ4n) is 6.53. The molecule has 3 N–H and O–H groups in total. The average molecular weight is 493 g/mol. The van der Waals surface area contributed by atoms with Gasteiger partial charge in [0.2, 0.25) is 11.8 Å². The number of nitrogens with one attached hydrogen (secondary N) is 2. The number of rotatable bonds is 4. The monoisotopic (exact) mass is 492 g/mol. The maximum atomic E-state index is 14.4. The lowest BCUT2D eigenvalue weighted by atomic mass is 9.77. The Morgan fingerprint density at radius 1 is 1.12 bits per heavy atom. The van der Waals surface area contributed by atoms with Crippen LogP contribution in [0.25, 0.3) is 0 Å². The predicted molar refractivity (Wildman–Crippen MR) is 117 cm³/mol. The van der Waals surface area contributed by atoms with E-state index >= 15 is 0 Å². The van der Waals surface area contributed by atoms with E-state index in [4.69, 9.17) is 5.11 Å². The van der Waals surface area contributed by atoms with Crippen molar-refractivity contribution in [2.75, 3.05) is 26.2 Å². The van der Waals surface area contributed by atoms with Crippen LogP contribution in [0, 0.1) is 11.8 Å². The molecule has 194 valence electrons. The molecule has 2 amide bonds. The number of aliphatic hydroxyl groups is 1. The third-order valence-electron chi connectivity index (χ3n) is 8.41. The highest BCUT2D eigenvalue weighted by Crippen LogP contribution is 2.39. The number of aliphatic hydroxyl groups excluding tert-OH is 1. The van der Waals surface area contributed by atoms with Gasteiger partial charge in [0.15, 0.2) is 0 Å². The molecule has 0 radical (unpaired) electrons. The molecule has 34 heavy (non-hydrogen) atoms. The van der Waals surface area contributed by atoms with Gasteiger partial charge in [-0.3, -0.25) is 14.5 Å². The Morgan fingerprint density at radius 3 is 2.56 bits per heavy atom. The van der Waals surface area contributed by atoms with E-state index in [9.17, 15) is 27.2 Å². The highest BCUT2D eigenvalue weighted by molar-refractivity contribution is 5.82. The molecule has 0 bridgehead atoms. The normalized spacial score (nSPS) is 39.5. The molecule has 4 aliphatic rings. The van der Waals surface area contributed by atoms with Crippen LogP contribution in [0.1, 0.15) is 51.9 Å². The molecule has 11 heteroatoms. The molecular weight excluding hydrogens is 456 g/mol. The number of nitrogens with zero attached hydrogens (tertiary/aromatic N) is 2. The molecule has 5 unspecified atom stereocenters. The minimum atomic E-state index is -4.58. The van der Waals surface area contributed by atoms with Crippen LogP contribution < -0.4 is 10.6 Å². The predicted octanol–water partition coefficient (Wildman–Crippen LogP) is 1.60. The van der Waals surface area contributed by atoms with Crippen molar-refractivity contribution in [2.45, 2.75) is 94.4 Å². The van der Waals surface area contributed by atoms with E-state index in [1.54, 1.807) is 4.90 Å². The van der Waals surface area contributed by atoms with Crippen LogP contribution in [-0.4, -0.2) is 95.5 Å². The van der Waals surface area contributed by atoms with Gasteiger partial charge in [-0.2, -0.15) is 13.2 Å². The Morgan fingerprint density at radius 2 is 1.88 bits per heavy atom. The second-order valence-corrected chi connectivity index (χ2v) is 10.5. The topological polar surface area (TPSA) is 84.9 Å². The third kappa shape index (κ3) is 5.36. The molecule has 0 aromatic heterocycles. The summed E-state index contributed by atoms with van der Waals surface area (Å²) in [5.74, 6) is -0.876. The number of piperazine rings is 1. The van der Waals surface area contributed by atoms with E-state index in [2.05, 4.69) is 17.6 Å². The van der Waals surface area contributed by atoms with Crippen molar-refractivity contribution in [3.63, 3.8) is 0 Å². The van der Waals surface area contributed by atoms with Crippen molar-refractivity contribution in [3.8, 4) is 0 Å². The zero-order valence-electron chi connectivity index (χ0n) is 19.6. The summed E-state index contributed by atoms with van der Waals surface area (Å²) in [4.78, 5) is 27.3. The van der Waals surface area contributed by atoms with Crippen molar-refractivity contribution in [1.29, 1.82) is 0 Å².